The number of hydrogen-bond donors (Lipinski definition) is 1. The van der Waals surface area contributed by atoms with E-state index in [2.05, 4.69) is 10.3 Å². The molecule has 1 atom stereocenters. The molecule has 1 rings (SSSR count). The van der Waals surface area contributed by atoms with Crippen molar-refractivity contribution in [3.05, 3.63) is 29.0 Å². The van der Waals surface area contributed by atoms with E-state index in [0.717, 1.165) is 18.3 Å². The third-order valence-corrected chi connectivity index (χ3v) is 2.26. The fourth-order valence-electron chi connectivity index (χ4n) is 1.33. The fourth-order valence-corrected chi connectivity index (χ4v) is 1.51. The van der Waals surface area contributed by atoms with Crippen LogP contribution in [0.2, 0.25) is 5.02 Å². The van der Waals surface area contributed by atoms with E-state index in [1.54, 1.807) is 12.4 Å². The average Bonchev–Trinajstić information content (AvgIpc) is 2.19. The van der Waals surface area contributed by atoms with Gasteiger partial charge >= 0.3 is 0 Å². The average molecular weight is 213 g/mol. The van der Waals surface area contributed by atoms with Gasteiger partial charge < -0.3 is 10.1 Å². The van der Waals surface area contributed by atoms with Gasteiger partial charge in [-0.15, -0.1) is 0 Å². The van der Waals surface area contributed by atoms with Crippen molar-refractivity contribution in [3.63, 3.8) is 0 Å². The number of rotatable bonds is 5. The second kappa shape index (κ2) is 5.73. The zero-order chi connectivity index (χ0) is 10.4. The molecule has 14 heavy (non-hydrogen) atoms. The van der Waals surface area contributed by atoms with Crippen molar-refractivity contribution >= 4 is 17.9 Å². The Kier molecular flexibility index (Phi) is 4.56. The van der Waals surface area contributed by atoms with Crippen molar-refractivity contribution in [2.24, 2.45) is 0 Å². The normalized spacial score (nSPS) is 12.4. The molecule has 0 aromatic carbocycles. The molecule has 0 bridgehead atoms. The second-order valence-electron chi connectivity index (χ2n) is 3.02. The molecule has 0 aliphatic heterocycles. The number of halogens is 1. The lowest BCUT2D eigenvalue weighted by molar-refractivity contribution is -0.108. The van der Waals surface area contributed by atoms with E-state index in [1.807, 2.05) is 13.1 Å². The highest BCUT2D eigenvalue weighted by Gasteiger charge is 2.08. The standard InChI is InChI=1S/C10H13ClN2O/c1-12-10(3-2-4-14)8-5-9(11)7-13-6-8/h4-7,10,12H,2-3H2,1H3. The van der Waals surface area contributed by atoms with Gasteiger partial charge in [0.25, 0.3) is 0 Å². The zero-order valence-electron chi connectivity index (χ0n) is 8.03. The quantitative estimate of drug-likeness (QED) is 0.759. The monoisotopic (exact) mass is 212 g/mol. The number of hydrogen-bond acceptors (Lipinski definition) is 3. The summed E-state index contributed by atoms with van der Waals surface area (Å²) in [6, 6.07) is 2.01. The molecule has 1 N–H and O–H groups in total. The Balaban J connectivity index is 2.72. The van der Waals surface area contributed by atoms with Gasteiger partial charge in [-0.25, -0.2) is 0 Å². The van der Waals surface area contributed by atoms with E-state index in [-0.39, 0.29) is 6.04 Å². The molecule has 0 spiro atoms. The number of nitrogens with one attached hydrogen (secondary N) is 1. The van der Waals surface area contributed by atoms with Gasteiger partial charge in [-0.05, 0) is 25.1 Å². The van der Waals surface area contributed by atoms with Crippen molar-refractivity contribution < 1.29 is 4.79 Å². The Labute approximate surface area is 88.5 Å². The minimum Gasteiger partial charge on any atom is -0.313 e. The number of carbonyl (C=O) groups is 1. The van der Waals surface area contributed by atoms with Crippen LogP contribution in [-0.2, 0) is 4.79 Å². The number of aromatic nitrogens is 1. The lowest BCUT2D eigenvalue weighted by Crippen LogP contribution is -2.16. The van der Waals surface area contributed by atoms with E-state index in [0.29, 0.717) is 11.4 Å². The summed E-state index contributed by atoms with van der Waals surface area (Å²) in [5, 5.41) is 3.74. The van der Waals surface area contributed by atoms with E-state index in [9.17, 15) is 4.79 Å². The number of carbonyl (C=O) groups excluding carboxylic acids is 1. The molecule has 0 amide bonds. The molecule has 0 radical (unpaired) electrons. The fraction of sp³-hybridized carbons (Fsp3) is 0.400. The van der Waals surface area contributed by atoms with Crippen LogP contribution in [0.15, 0.2) is 18.5 Å². The molecule has 0 aliphatic carbocycles. The maximum absolute atomic E-state index is 10.3. The summed E-state index contributed by atoms with van der Waals surface area (Å²) in [6.45, 7) is 0. The van der Waals surface area contributed by atoms with E-state index >= 15 is 0 Å². The minimum absolute atomic E-state index is 0.145. The summed E-state index contributed by atoms with van der Waals surface area (Å²) in [6.07, 6.45) is 5.58. The SMILES string of the molecule is CNC(CCC=O)c1cncc(Cl)c1. The van der Waals surface area contributed by atoms with Crippen LogP contribution in [0.1, 0.15) is 24.4 Å². The summed E-state index contributed by atoms with van der Waals surface area (Å²) in [5.74, 6) is 0. The van der Waals surface area contributed by atoms with Gasteiger partial charge in [0.1, 0.15) is 6.29 Å². The van der Waals surface area contributed by atoms with Crippen LogP contribution in [0.25, 0.3) is 0 Å². The van der Waals surface area contributed by atoms with Gasteiger partial charge in [0, 0.05) is 24.9 Å². The van der Waals surface area contributed by atoms with E-state index in [4.69, 9.17) is 11.6 Å². The first-order valence-electron chi connectivity index (χ1n) is 4.49. The highest BCUT2D eigenvalue weighted by Crippen LogP contribution is 2.19. The van der Waals surface area contributed by atoms with Crippen LogP contribution in [0.5, 0.6) is 0 Å². The van der Waals surface area contributed by atoms with E-state index in [1.165, 1.54) is 0 Å². The van der Waals surface area contributed by atoms with Gasteiger partial charge in [0.15, 0.2) is 0 Å². The molecular formula is C10H13ClN2O. The smallest absolute Gasteiger partial charge is 0.120 e. The lowest BCUT2D eigenvalue weighted by Gasteiger charge is -2.14. The Bertz CT molecular complexity index is 304. The van der Waals surface area contributed by atoms with Gasteiger partial charge in [-0.1, -0.05) is 11.6 Å². The predicted octanol–water partition coefficient (Wildman–Crippen LogP) is 1.97. The molecule has 0 saturated heterocycles. The molecule has 3 nitrogen and oxygen atoms in total. The number of pyridine rings is 1. The molecule has 1 heterocycles. The van der Waals surface area contributed by atoms with Gasteiger partial charge in [0.05, 0.1) is 5.02 Å². The van der Waals surface area contributed by atoms with Crippen molar-refractivity contribution in [3.8, 4) is 0 Å². The van der Waals surface area contributed by atoms with Crippen LogP contribution in [-0.4, -0.2) is 18.3 Å². The first-order chi connectivity index (χ1) is 6.77. The summed E-state index contributed by atoms with van der Waals surface area (Å²) in [5.41, 5.74) is 1.02. The van der Waals surface area contributed by atoms with Gasteiger partial charge in [-0.3, -0.25) is 4.98 Å². The second-order valence-corrected chi connectivity index (χ2v) is 3.46. The molecule has 76 valence electrons. The van der Waals surface area contributed by atoms with Crippen molar-refractivity contribution in [1.82, 2.24) is 10.3 Å². The molecule has 1 aromatic heterocycles. The largest absolute Gasteiger partial charge is 0.313 e. The van der Waals surface area contributed by atoms with Crippen molar-refractivity contribution in [2.75, 3.05) is 7.05 Å². The molecule has 1 unspecified atom stereocenters. The first-order valence-corrected chi connectivity index (χ1v) is 4.87. The minimum atomic E-state index is 0.145. The van der Waals surface area contributed by atoms with Crippen LogP contribution in [0.3, 0.4) is 0 Å². The molecule has 0 aliphatic rings. The molecular weight excluding hydrogens is 200 g/mol. The highest BCUT2D eigenvalue weighted by atomic mass is 35.5. The maximum Gasteiger partial charge on any atom is 0.120 e. The summed E-state index contributed by atoms with van der Waals surface area (Å²) >= 11 is 5.82. The van der Waals surface area contributed by atoms with Crippen molar-refractivity contribution in [2.45, 2.75) is 18.9 Å². The summed E-state index contributed by atoms with van der Waals surface area (Å²) < 4.78 is 0. The Morgan fingerprint density at radius 1 is 1.64 bits per heavy atom. The Morgan fingerprint density at radius 3 is 3.00 bits per heavy atom. The third-order valence-electron chi connectivity index (χ3n) is 2.05. The topological polar surface area (TPSA) is 42.0 Å². The Morgan fingerprint density at radius 2 is 2.43 bits per heavy atom. The lowest BCUT2D eigenvalue weighted by atomic mass is 10.0. The first kappa shape index (κ1) is 11.1. The number of aldehydes is 1. The molecule has 0 fully saturated rings. The van der Waals surface area contributed by atoms with Crippen LogP contribution >= 0.6 is 11.6 Å². The number of nitrogens with zero attached hydrogens (tertiary/aromatic N) is 1. The Hall–Kier alpha value is -0.930. The maximum atomic E-state index is 10.3. The van der Waals surface area contributed by atoms with Crippen LogP contribution in [0.4, 0.5) is 0 Å². The summed E-state index contributed by atoms with van der Waals surface area (Å²) in [4.78, 5) is 14.3. The summed E-state index contributed by atoms with van der Waals surface area (Å²) in [7, 11) is 1.86. The third kappa shape index (κ3) is 3.09. The molecule has 4 heteroatoms. The van der Waals surface area contributed by atoms with Crippen molar-refractivity contribution in [1.29, 1.82) is 0 Å². The van der Waals surface area contributed by atoms with Crippen LogP contribution in [0, 0.1) is 0 Å². The van der Waals surface area contributed by atoms with Crippen LogP contribution < -0.4 is 5.32 Å². The zero-order valence-corrected chi connectivity index (χ0v) is 8.79. The predicted molar refractivity (Wildman–Crippen MR) is 56.3 cm³/mol. The van der Waals surface area contributed by atoms with Gasteiger partial charge in [0.2, 0.25) is 0 Å². The molecule has 1 aromatic rings. The van der Waals surface area contributed by atoms with E-state index < -0.39 is 0 Å². The molecule has 0 saturated carbocycles. The highest BCUT2D eigenvalue weighted by molar-refractivity contribution is 6.30. The van der Waals surface area contributed by atoms with Gasteiger partial charge in [-0.2, -0.15) is 0 Å².